The van der Waals surface area contributed by atoms with Gasteiger partial charge in [0.15, 0.2) is 0 Å². The summed E-state index contributed by atoms with van der Waals surface area (Å²) in [6, 6.07) is 0. The van der Waals surface area contributed by atoms with Crippen molar-refractivity contribution in [2.75, 3.05) is 0 Å². The molecule has 0 bridgehead atoms. The van der Waals surface area contributed by atoms with Crippen molar-refractivity contribution in [1.29, 1.82) is 0 Å². The highest BCUT2D eigenvalue weighted by Crippen LogP contribution is 2.61. The van der Waals surface area contributed by atoms with E-state index in [1.165, 1.54) is 24.8 Å². The van der Waals surface area contributed by atoms with Crippen molar-refractivity contribution in [2.45, 2.75) is 97.5 Å². The zero-order valence-corrected chi connectivity index (χ0v) is 16.2. The Balaban J connectivity index is 1.95. The molecule has 3 aliphatic carbocycles. The van der Waals surface area contributed by atoms with Crippen LogP contribution >= 0.6 is 0 Å². The number of allylic oxidation sites excluding steroid dienone is 2. The lowest BCUT2D eigenvalue weighted by molar-refractivity contribution is -0.145. The van der Waals surface area contributed by atoms with Crippen LogP contribution in [-0.2, 0) is 4.79 Å². The minimum Gasteiger partial charge on any atom is -0.390 e. The Bertz CT molecular complexity index is 525. The predicted molar refractivity (Wildman–Crippen MR) is 98.8 cm³/mol. The summed E-state index contributed by atoms with van der Waals surface area (Å²) in [5.41, 5.74) is 2.62. The SMILES string of the molecule is CCCC1(C(C)(C)O)CC[C@@H]2C3=C(CC[C@H]2C1CC)CC(=O)CC3. The van der Waals surface area contributed by atoms with Crippen molar-refractivity contribution in [3.05, 3.63) is 11.1 Å². The quantitative estimate of drug-likeness (QED) is 0.696. The van der Waals surface area contributed by atoms with Gasteiger partial charge in [-0.1, -0.05) is 37.8 Å². The molecule has 0 aliphatic heterocycles. The molecular formula is C22H36O2. The normalized spacial score (nSPS) is 37.2. The molecule has 3 rings (SSSR count). The van der Waals surface area contributed by atoms with Gasteiger partial charge in [0.25, 0.3) is 0 Å². The van der Waals surface area contributed by atoms with Crippen LogP contribution in [0.3, 0.4) is 0 Å². The van der Waals surface area contributed by atoms with E-state index in [-0.39, 0.29) is 5.41 Å². The van der Waals surface area contributed by atoms with Crippen LogP contribution in [-0.4, -0.2) is 16.5 Å². The molecule has 1 N–H and O–H groups in total. The Morgan fingerprint density at radius 3 is 2.54 bits per heavy atom. The number of Topliss-reactive ketones (excluding diaryl/α,β-unsaturated/α-hetero) is 1. The largest absolute Gasteiger partial charge is 0.390 e. The zero-order chi connectivity index (χ0) is 17.5. The molecule has 0 amide bonds. The lowest BCUT2D eigenvalue weighted by atomic mass is 9.47. The first-order chi connectivity index (χ1) is 11.3. The van der Waals surface area contributed by atoms with E-state index < -0.39 is 5.60 Å². The van der Waals surface area contributed by atoms with Crippen LogP contribution < -0.4 is 0 Å². The van der Waals surface area contributed by atoms with E-state index in [9.17, 15) is 9.90 Å². The van der Waals surface area contributed by atoms with Crippen LogP contribution in [0.25, 0.3) is 0 Å². The molecule has 3 aliphatic rings. The number of hydrogen-bond acceptors (Lipinski definition) is 2. The molecule has 4 atom stereocenters. The second-order valence-corrected chi connectivity index (χ2v) is 9.17. The molecule has 0 spiro atoms. The number of rotatable bonds is 4. The maximum atomic E-state index is 11.9. The summed E-state index contributed by atoms with van der Waals surface area (Å²) in [6.45, 7) is 8.70. The van der Waals surface area contributed by atoms with Crippen LogP contribution in [0.2, 0.25) is 0 Å². The van der Waals surface area contributed by atoms with Gasteiger partial charge in [-0.25, -0.2) is 0 Å². The molecule has 0 saturated heterocycles. The van der Waals surface area contributed by atoms with E-state index in [1.54, 1.807) is 5.57 Å². The van der Waals surface area contributed by atoms with E-state index >= 15 is 0 Å². The Morgan fingerprint density at radius 1 is 1.17 bits per heavy atom. The average molecular weight is 333 g/mol. The molecule has 24 heavy (non-hydrogen) atoms. The Kier molecular flexibility index (Phi) is 4.99. The van der Waals surface area contributed by atoms with Crippen molar-refractivity contribution in [2.24, 2.45) is 23.2 Å². The second-order valence-electron chi connectivity index (χ2n) is 9.17. The van der Waals surface area contributed by atoms with Gasteiger partial charge >= 0.3 is 0 Å². The summed E-state index contributed by atoms with van der Waals surface area (Å²) < 4.78 is 0. The maximum absolute atomic E-state index is 11.9. The van der Waals surface area contributed by atoms with Gasteiger partial charge in [-0.15, -0.1) is 0 Å². The summed E-state index contributed by atoms with van der Waals surface area (Å²) in [6.07, 6.45) is 10.7. The summed E-state index contributed by atoms with van der Waals surface area (Å²) in [5.74, 6) is 2.47. The molecule has 0 aromatic rings. The maximum Gasteiger partial charge on any atom is 0.137 e. The van der Waals surface area contributed by atoms with E-state index in [0.29, 0.717) is 23.5 Å². The average Bonchev–Trinajstić information content (AvgIpc) is 2.53. The molecule has 1 saturated carbocycles. The monoisotopic (exact) mass is 332 g/mol. The van der Waals surface area contributed by atoms with Crippen LogP contribution in [0, 0.1) is 23.2 Å². The number of hydrogen-bond donors (Lipinski definition) is 1. The number of fused-ring (bicyclic) bond motifs is 2. The first-order valence-electron chi connectivity index (χ1n) is 10.3. The summed E-state index contributed by atoms with van der Waals surface area (Å²) in [4.78, 5) is 11.9. The highest BCUT2D eigenvalue weighted by atomic mass is 16.3. The van der Waals surface area contributed by atoms with Gasteiger partial charge in [0.05, 0.1) is 5.60 Å². The fourth-order valence-corrected chi connectivity index (χ4v) is 6.78. The number of ketones is 1. The lowest BCUT2D eigenvalue weighted by Crippen LogP contribution is -2.55. The van der Waals surface area contributed by atoms with Crippen LogP contribution in [0.15, 0.2) is 11.1 Å². The summed E-state index contributed by atoms with van der Waals surface area (Å²) in [7, 11) is 0. The molecular weight excluding hydrogens is 296 g/mol. The second kappa shape index (κ2) is 6.59. The van der Waals surface area contributed by atoms with Gasteiger partial charge < -0.3 is 5.11 Å². The molecule has 0 aromatic heterocycles. The van der Waals surface area contributed by atoms with Gasteiger partial charge in [-0.05, 0) is 70.1 Å². The third kappa shape index (κ3) is 2.79. The van der Waals surface area contributed by atoms with Gasteiger partial charge in [-0.2, -0.15) is 0 Å². The fraction of sp³-hybridized carbons (Fsp3) is 0.864. The zero-order valence-electron chi connectivity index (χ0n) is 16.2. The molecule has 1 fully saturated rings. The van der Waals surface area contributed by atoms with E-state index in [0.717, 1.165) is 44.9 Å². The molecule has 0 aromatic carbocycles. The van der Waals surface area contributed by atoms with Crippen molar-refractivity contribution in [1.82, 2.24) is 0 Å². The fourth-order valence-electron chi connectivity index (χ4n) is 6.78. The third-order valence-electron chi connectivity index (χ3n) is 7.76. The van der Waals surface area contributed by atoms with E-state index in [2.05, 4.69) is 27.7 Å². The van der Waals surface area contributed by atoms with Gasteiger partial charge in [0.2, 0.25) is 0 Å². The highest BCUT2D eigenvalue weighted by Gasteiger charge is 2.55. The van der Waals surface area contributed by atoms with Crippen LogP contribution in [0.1, 0.15) is 91.9 Å². The minimum absolute atomic E-state index is 0.0697. The molecule has 0 radical (unpaired) electrons. The third-order valence-corrected chi connectivity index (χ3v) is 7.76. The van der Waals surface area contributed by atoms with Gasteiger partial charge in [-0.3, -0.25) is 4.79 Å². The molecule has 2 nitrogen and oxygen atoms in total. The summed E-state index contributed by atoms with van der Waals surface area (Å²) >= 11 is 0. The van der Waals surface area contributed by atoms with Crippen molar-refractivity contribution >= 4 is 5.78 Å². The highest BCUT2D eigenvalue weighted by molar-refractivity contribution is 5.82. The first kappa shape index (κ1) is 18.2. The van der Waals surface area contributed by atoms with Crippen LogP contribution in [0.4, 0.5) is 0 Å². The predicted octanol–water partition coefficient (Wildman–Crippen LogP) is 5.44. The minimum atomic E-state index is -0.605. The number of aliphatic hydroxyl groups is 1. The van der Waals surface area contributed by atoms with E-state index in [1.807, 2.05) is 0 Å². The van der Waals surface area contributed by atoms with Gasteiger partial charge in [0.1, 0.15) is 5.78 Å². The van der Waals surface area contributed by atoms with Crippen molar-refractivity contribution in [3.63, 3.8) is 0 Å². The number of carbonyl (C=O) groups excluding carboxylic acids is 1. The molecule has 136 valence electrons. The van der Waals surface area contributed by atoms with Crippen molar-refractivity contribution in [3.8, 4) is 0 Å². The standard InChI is InChI=1S/C22H36O2/c1-5-12-22(21(3,4)24)13-11-18-17-10-8-16(23)14-15(17)7-9-19(18)20(22)6-2/h18-20,24H,5-14H2,1-4H3/t18-,19-,20?,22?/m1/s1. The first-order valence-corrected chi connectivity index (χ1v) is 10.3. The van der Waals surface area contributed by atoms with Crippen LogP contribution in [0.5, 0.6) is 0 Å². The topological polar surface area (TPSA) is 37.3 Å². The van der Waals surface area contributed by atoms with E-state index in [4.69, 9.17) is 0 Å². The number of carbonyl (C=O) groups is 1. The van der Waals surface area contributed by atoms with Crippen molar-refractivity contribution < 1.29 is 9.90 Å². The Hall–Kier alpha value is -0.630. The molecule has 2 heteroatoms. The Labute approximate surface area is 148 Å². The molecule has 0 heterocycles. The molecule has 2 unspecified atom stereocenters. The van der Waals surface area contributed by atoms with Gasteiger partial charge in [0, 0.05) is 18.3 Å². The smallest absolute Gasteiger partial charge is 0.137 e. The Morgan fingerprint density at radius 2 is 1.92 bits per heavy atom. The summed E-state index contributed by atoms with van der Waals surface area (Å²) in [5, 5.41) is 11.1. The lowest BCUT2D eigenvalue weighted by Gasteiger charge is -2.58.